The molecule has 0 radical (unpaired) electrons. The SMILES string of the molecule is O=C(c1cccs1)N1CCN(Cc2cc(C3CCCCC3)no2)CC1. The Morgan fingerprint density at radius 3 is 2.72 bits per heavy atom. The first-order valence-corrected chi connectivity index (χ1v) is 10.2. The molecule has 1 aliphatic carbocycles. The molecular weight excluding hydrogens is 334 g/mol. The Hall–Kier alpha value is -1.66. The van der Waals surface area contributed by atoms with Crippen molar-refractivity contribution in [3.8, 4) is 0 Å². The van der Waals surface area contributed by atoms with Crippen LogP contribution in [0.4, 0.5) is 0 Å². The van der Waals surface area contributed by atoms with Crippen LogP contribution in [0.1, 0.15) is 59.1 Å². The minimum atomic E-state index is 0.161. The van der Waals surface area contributed by atoms with Gasteiger partial charge in [-0.05, 0) is 24.3 Å². The molecule has 5 nitrogen and oxygen atoms in total. The van der Waals surface area contributed by atoms with Crippen molar-refractivity contribution in [2.24, 2.45) is 0 Å². The Bertz CT molecular complexity index is 683. The molecule has 1 aliphatic heterocycles. The third-order valence-corrected chi connectivity index (χ3v) is 6.23. The van der Waals surface area contributed by atoms with Gasteiger partial charge in [-0.2, -0.15) is 0 Å². The molecule has 0 N–H and O–H groups in total. The van der Waals surface area contributed by atoms with Crippen LogP contribution in [-0.2, 0) is 6.54 Å². The van der Waals surface area contributed by atoms with Gasteiger partial charge in [0.05, 0.1) is 17.1 Å². The summed E-state index contributed by atoms with van der Waals surface area (Å²) in [4.78, 5) is 17.5. The fraction of sp³-hybridized carbons (Fsp3) is 0.579. The number of piperazine rings is 1. The number of amides is 1. The second-order valence-electron chi connectivity index (χ2n) is 7.10. The third-order valence-electron chi connectivity index (χ3n) is 5.37. The van der Waals surface area contributed by atoms with E-state index in [0.29, 0.717) is 5.92 Å². The van der Waals surface area contributed by atoms with Crippen LogP contribution in [0.15, 0.2) is 28.1 Å². The second kappa shape index (κ2) is 7.70. The van der Waals surface area contributed by atoms with E-state index in [2.05, 4.69) is 16.1 Å². The molecule has 1 saturated heterocycles. The average molecular weight is 359 g/mol. The molecule has 134 valence electrons. The van der Waals surface area contributed by atoms with E-state index in [0.717, 1.165) is 49.1 Å². The highest BCUT2D eigenvalue weighted by Crippen LogP contribution is 2.32. The summed E-state index contributed by atoms with van der Waals surface area (Å²) in [6.45, 7) is 4.12. The molecule has 1 amide bonds. The van der Waals surface area contributed by atoms with Gasteiger partial charge in [0.1, 0.15) is 0 Å². The number of hydrogen-bond donors (Lipinski definition) is 0. The van der Waals surface area contributed by atoms with Crippen LogP contribution >= 0.6 is 11.3 Å². The van der Waals surface area contributed by atoms with E-state index in [-0.39, 0.29) is 5.91 Å². The van der Waals surface area contributed by atoms with Gasteiger partial charge in [-0.1, -0.05) is 30.5 Å². The third kappa shape index (κ3) is 3.96. The molecule has 6 heteroatoms. The second-order valence-corrected chi connectivity index (χ2v) is 8.05. The zero-order valence-electron chi connectivity index (χ0n) is 14.5. The lowest BCUT2D eigenvalue weighted by Gasteiger charge is -2.33. The van der Waals surface area contributed by atoms with Crippen molar-refractivity contribution < 1.29 is 9.32 Å². The molecule has 2 aromatic heterocycles. The van der Waals surface area contributed by atoms with Crippen LogP contribution in [0, 0.1) is 0 Å². The molecule has 25 heavy (non-hydrogen) atoms. The van der Waals surface area contributed by atoms with Gasteiger partial charge in [0.25, 0.3) is 5.91 Å². The topological polar surface area (TPSA) is 49.6 Å². The Morgan fingerprint density at radius 1 is 1.20 bits per heavy atom. The first-order chi connectivity index (χ1) is 12.3. The molecule has 2 fully saturated rings. The van der Waals surface area contributed by atoms with Gasteiger partial charge in [-0.3, -0.25) is 9.69 Å². The van der Waals surface area contributed by atoms with Gasteiger partial charge in [-0.25, -0.2) is 0 Å². The maximum atomic E-state index is 12.4. The number of carbonyl (C=O) groups excluding carboxylic acids is 1. The molecule has 0 unspecified atom stereocenters. The van der Waals surface area contributed by atoms with Crippen LogP contribution in [0.2, 0.25) is 0 Å². The monoisotopic (exact) mass is 359 g/mol. The fourth-order valence-corrected chi connectivity index (χ4v) is 4.57. The summed E-state index contributed by atoms with van der Waals surface area (Å²) in [6.07, 6.45) is 6.47. The fourth-order valence-electron chi connectivity index (χ4n) is 3.88. The lowest BCUT2D eigenvalue weighted by molar-refractivity contribution is 0.0622. The van der Waals surface area contributed by atoms with E-state index in [1.165, 1.54) is 43.4 Å². The highest BCUT2D eigenvalue weighted by atomic mass is 32.1. The quantitative estimate of drug-likeness (QED) is 0.834. The first-order valence-electron chi connectivity index (χ1n) is 9.30. The van der Waals surface area contributed by atoms with Gasteiger partial charge in [0, 0.05) is 38.2 Å². The molecule has 2 aromatic rings. The molecule has 2 aliphatic rings. The highest BCUT2D eigenvalue weighted by molar-refractivity contribution is 7.12. The zero-order valence-corrected chi connectivity index (χ0v) is 15.3. The maximum Gasteiger partial charge on any atom is 0.264 e. The highest BCUT2D eigenvalue weighted by Gasteiger charge is 2.24. The van der Waals surface area contributed by atoms with E-state index >= 15 is 0 Å². The van der Waals surface area contributed by atoms with E-state index in [9.17, 15) is 4.79 Å². The summed E-state index contributed by atoms with van der Waals surface area (Å²) >= 11 is 1.52. The minimum absolute atomic E-state index is 0.161. The molecule has 0 atom stereocenters. The van der Waals surface area contributed by atoms with Crippen LogP contribution < -0.4 is 0 Å². The smallest absolute Gasteiger partial charge is 0.264 e. The Balaban J connectivity index is 1.28. The van der Waals surface area contributed by atoms with E-state index in [1.807, 2.05) is 22.4 Å². The maximum absolute atomic E-state index is 12.4. The number of aromatic nitrogens is 1. The summed E-state index contributed by atoms with van der Waals surface area (Å²) in [6, 6.07) is 5.99. The molecule has 3 heterocycles. The molecule has 4 rings (SSSR count). The van der Waals surface area contributed by atoms with Crippen LogP contribution in [0.5, 0.6) is 0 Å². The normalized spacial score (nSPS) is 20.1. The van der Waals surface area contributed by atoms with Crippen molar-refractivity contribution in [3.05, 3.63) is 39.9 Å². The predicted molar refractivity (Wildman–Crippen MR) is 97.8 cm³/mol. The van der Waals surface area contributed by atoms with Crippen LogP contribution in [0.3, 0.4) is 0 Å². The molecule has 1 saturated carbocycles. The largest absolute Gasteiger partial charge is 0.360 e. The van der Waals surface area contributed by atoms with Gasteiger partial charge in [-0.15, -0.1) is 11.3 Å². The average Bonchev–Trinajstić information content (AvgIpc) is 3.35. The molecular formula is C19H25N3O2S. The van der Waals surface area contributed by atoms with Gasteiger partial charge < -0.3 is 9.42 Å². The van der Waals surface area contributed by atoms with E-state index in [4.69, 9.17) is 4.52 Å². The first kappa shape index (κ1) is 16.8. The van der Waals surface area contributed by atoms with Gasteiger partial charge >= 0.3 is 0 Å². The minimum Gasteiger partial charge on any atom is -0.360 e. The predicted octanol–water partition coefficient (Wildman–Crippen LogP) is 3.74. The van der Waals surface area contributed by atoms with Crippen molar-refractivity contribution in [1.29, 1.82) is 0 Å². The molecule has 0 bridgehead atoms. The lowest BCUT2D eigenvalue weighted by Crippen LogP contribution is -2.48. The van der Waals surface area contributed by atoms with Crippen molar-refractivity contribution in [3.63, 3.8) is 0 Å². The van der Waals surface area contributed by atoms with Gasteiger partial charge in [0.2, 0.25) is 0 Å². The molecule has 0 spiro atoms. The summed E-state index contributed by atoms with van der Waals surface area (Å²) in [5.74, 6) is 1.71. The Kier molecular flexibility index (Phi) is 5.17. The summed E-state index contributed by atoms with van der Waals surface area (Å²) < 4.78 is 5.58. The number of hydrogen-bond acceptors (Lipinski definition) is 5. The number of thiophene rings is 1. The van der Waals surface area contributed by atoms with E-state index in [1.54, 1.807) is 0 Å². The summed E-state index contributed by atoms with van der Waals surface area (Å²) in [5, 5.41) is 6.27. The van der Waals surface area contributed by atoms with Crippen LogP contribution in [-0.4, -0.2) is 47.0 Å². The van der Waals surface area contributed by atoms with Crippen LogP contribution in [0.25, 0.3) is 0 Å². The van der Waals surface area contributed by atoms with Crippen molar-refractivity contribution in [2.45, 2.75) is 44.6 Å². The Labute approximate surface area is 152 Å². The van der Waals surface area contributed by atoms with Gasteiger partial charge in [0.15, 0.2) is 5.76 Å². The lowest BCUT2D eigenvalue weighted by atomic mass is 9.87. The zero-order chi connectivity index (χ0) is 17.1. The Morgan fingerprint density at radius 2 is 2.00 bits per heavy atom. The number of rotatable bonds is 4. The number of carbonyl (C=O) groups is 1. The number of nitrogens with zero attached hydrogens (tertiary/aromatic N) is 3. The van der Waals surface area contributed by atoms with E-state index < -0.39 is 0 Å². The molecule has 0 aromatic carbocycles. The van der Waals surface area contributed by atoms with Crippen molar-refractivity contribution in [1.82, 2.24) is 15.0 Å². The standard InChI is InChI=1S/C19H25N3O2S/c23-19(18-7-4-12-25-18)22-10-8-21(9-11-22)14-16-13-17(20-24-16)15-5-2-1-3-6-15/h4,7,12-13,15H,1-3,5-6,8-11,14H2. The van der Waals surface area contributed by atoms with Crippen molar-refractivity contribution in [2.75, 3.05) is 26.2 Å². The summed E-state index contributed by atoms with van der Waals surface area (Å²) in [7, 11) is 0. The van der Waals surface area contributed by atoms with Crippen molar-refractivity contribution >= 4 is 17.2 Å². The summed E-state index contributed by atoms with van der Waals surface area (Å²) in [5.41, 5.74) is 1.14.